The van der Waals surface area contributed by atoms with Crippen molar-refractivity contribution >= 4 is 17.6 Å². The van der Waals surface area contributed by atoms with Gasteiger partial charge < -0.3 is 20.1 Å². The van der Waals surface area contributed by atoms with E-state index in [1.54, 1.807) is 16.4 Å². The standard InChI is InChI=1S/C11H16N4O4/c1-3-13-7(2)12-9(15(18)19)10(13)14-6-4-5-8(14)11(16)17/h8H,3-6H2,1-2H3,(H,16,17)/t8-/m1/s1. The number of anilines is 1. The molecule has 8 heteroatoms. The van der Waals surface area contributed by atoms with Crippen LogP contribution in [0.4, 0.5) is 11.6 Å². The zero-order valence-electron chi connectivity index (χ0n) is 10.9. The molecule has 19 heavy (non-hydrogen) atoms. The molecule has 1 atom stereocenters. The molecule has 1 fully saturated rings. The number of carbonyl (C=O) groups is 1. The molecule has 0 radical (unpaired) electrons. The summed E-state index contributed by atoms with van der Waals surface area (Å²) < 4.78 is 1.69. The van der Waals surface area contributed by atoms with E-state index in [0.717, 1.165) is 0 Å². The molecule has 8 nitrogen and oxygen atoms in total. The van der Waals surface area contributed by atoms with E-state index in [0.29, 0.717) is 37.6 Å². The van der Waals surface area contributed by atoms with Gasteiger partial charge in [0.15, 0.2) is 0 Å². The second-order valence-corrected chi connectivity index (χ2v) is 4.50. The Balaban J connectivity index is 2.53. The van der Waals surface area contributed by atoms with Crippen molar-refractivity contribution in [2.24, 2.45) is 0 Å². The molecule has 1 aliphatic rings. The monoisotopic (exact) mass is 268 g/mol. The zero-order valence-corrected chi connectivity index (χ0v) is 10.9. The molecule has 0 unspecified atom stereocenters. The summed E-state index contributed by atoms with van der Waals surface area (Å²) in [5, 5.41) is 20.3. The molecule has 1 aromatic heterocycles. The molecule has 0 aliphatic carbocycles. The van der Waals surface area contributed by atoms with Crippen molar-refractivity contribution in [3.8, 4) is 0 Å². The van der Waals surface area contributed by atoms with Crippen LogP contribution in [0.3, 0.4) is 0 Å². The fourth-order valence-corrected chi connectivity index (χ4v) is 2.60. The Morgan fingerprint density at radius 1 is 1.63 bits per heavy atom. The summed E-state index contributed by atoms with van der Waals surface area (Å²) in [6.07, 6.45) is 1.21. The van der Waals surface area contributed by atoms with E-state index in [1.807, 2.05) is 6.92 Å². The van der Waals surface area contributed by atoms with Gasteiger partial charge in [-0.15, -0.1) is 0 Å². The van der Waals surface area contributed by atoms with Gasteiger partial charge in [0, 0.05) is 20.0 Å². The van der Waals surface area contributed by atoms with Gasteiger partial charge in [0.2, 0.25) is 11.6 Å². The van der Waals surface area contributed by atoms with Crippen LogP contribution >= 0.6 is 0 Å². The van der Waals surface area contributed by atoms with Gasteiger partial charge >= 0.3 is 11.8 Å². The number of aliphatic carboxylic acids is 1. The molecule has 0 saturated carbocycles. The minimum absolute atomic E-state index is 0.257. The number of aromatic nitrogens is 2. The highest BCUT2D eigenvalue weighted by Gasteiger charge is 2.38. The summed E-state index contributed by atoms with van der Waals surface area (Å²) in [5.74, 6) is -0.365. The SMILES string of the molecule is CCn1c(C)nc([N+](=O)[O-])c1N1CCC[C@@H]1C(=O)O. The molecular formula is C11H16N4O4. The highest BCUT2D eigenvalue weighted by Crippen LogP contribution is 2.34. The van der Waals surface area contributed by atoms with Gasteiger partial charge in [0.25, 0.3) is 0 Å². The van der Waals surface area contributed by atoms with Crippen LogP contribution in [0.15, 0.2) is 0 Å². The molecule has 0 amide bonds. The lowest BCUT2D eigenvalue weighted by Gasteiger charge is -2.23. The fourth-order valence-electron chi connectivity index (χ4n) is 2.60. The van der Waals surface area contributed by atoms with Crippen molar-refractivity contribution in [3.63, 3.8) is 0 Å². The van der Waals surface area contributed by atoms with Crippen molar-refractivity contribution in [1.29, 1.82) is 0 Å². The number of hydrogen-bond acceptors (Lipinski definition) is 5. The Morgan fingerprint density at radius 3 is 2.84 bits per heavy atom. The summed E-state index contributed by atoms with van der Waals surface area (Å²) >= 11 is 0. The van der Waals surface area contributed by atoms with Crippen LogP contribution in [-0.4, -0.2) is 38.1 Å². The van der Waals surface area contributed by atoms with E-state index < -0.39 is 16.9 Å². The molecule has 2 rings (SSSR count). The number of rotatable bonds is 4. The van der Waals surface area contributed by atoms with E-state index in [-0.39, 0.29) is 5.82 Å². The Morgan fingerprint density at radius 2 is 2.32 bits per heavy atom. The van der Waals surface area contributed by atoms with Crippen LogP contribution in [0, 0.1) is 17.0 Å². The molecule has 0 aromatic carbocycles. The van der Waals surface area contributed by atoms with Crippen LogP contribution < -0.4 is 4.90 Å². The van der Waals surface area contributed by atoms with E-state index in [9.17, 15) is 20.0 Å². The van der Waals surface area contributed by atoms with Crippen LogP contribution in [0.5, 0.6) is 0 Å². The Kier molecular flexibility index (Phi) is 3.41. The third-order valence-corrected chi connectivity index (χ3v) is 3.41. The van der Waals surface area contributed by atoms with Crippen LogP contribution in [0.2, 0.25) is 0 Å². The average Bonchev–Trinajstić information content (AvgIpc) is 2.91. The third-order valence-electron chi connectivity index (χ3n) is 3.41. The van der Waals surface area contributed by atoms with Gasteiger partial charge in [-0.1, -0.05) is 0 Å². The minimum atomic E-state index is -0.951. The van der Waals surface area contributed by atoms with Gasteiger partial charge in [-0.25, -0.2) is 4.79 Å². The van der Waals surface area contributed by atoms with Gasteiger partial charge in [0.1, 0.15) is 6.04 Å². The fraction of sp³-hybridized carbons (Fsp3) is 0.636. The van der Waals surface area contributed by atoms with E-state index in [4.69, 9.17) is 0 Å². The number of nitrogens with zero attached hydrogens (tertiary/aromatic N) is 4. The first-order valence-electron chi connectivity index (χ1n) is 6.18. The summed E-state index contributed by atoms with van der Waals surface area (Å²) in [7, 11) is 0. The van der Waals surface area contributed by atoms with Gasteiger partial charge in [-0.3, -0.25) is 4.57 Å². The van der Waals surface area contributed by atoms with Crippen LogP contribution in [-0.2, 0) is 11.3 Å². The molecule has 1 saturated heterocycles. The lowest BCUT2D eigenvalue weighted by molar-refractivity contribution is -0.388. The topological polar surface area (TPSA) is 101 Å². The highest BCUT2D eigenvalue weighted by atomic mass is 16.6. The number of carboxylic acid groups (broad SMARTS) is 1. The number of nitro groups is 1. The minimum Gasteiger partial charge on any atom is -0.480 e. The van der Waals surface area contributed by atoms with E-state index >= 15 is 0 Å². The molecule has 1 N–H and O–H groups in total. The predicted octanol–water partition coefficient (Wildman–Crippen LogP) is 1.17. The summed E-state index contributed by atoms with van der Waals surface area (Å²) in [5.41, 5.74) is 0. The maximum atomic E-state index is 11.2. The molecule has 1 aromatic rings. The average molecular weight is 268 g/mol. The summed E-state index contributed by atoms with van der Waals surface area (Å²) in [6, 6.07) is -0.708. The predicted molar refractivity (Wildman–Crippen MR) is 67.3 cm³/mol. The molecule has 104 valence electrons. The first-order chi connectivity index (χ1) is 8.97. The van der Waals surface area contributed by atoms with Crippen molar-refractivity contribution in [1.82, 2.24) is 9.55 Å². The number of hydrogen-bond donors (Lipinski definition) is 1. The lowest BCUT2D eigenvalue weighted by atomic mass is 10.2. The largest absolute Gasteiger partial charge is 0.480 e. The summed E-state index contributed by atoms with van der Waals surface area (Å²) in [6.45, 7) is 4.56. The molecule has 1 aliphatic heterocycles. The van der Waals surface area contributed by atoms with E-state index in [1.165, 1.54) is 0 Å². The Bertz CT molecular complexity index is 525. The molecular weight excluding hydrogens is 252 g/mol. The second-order valence-electron chi connectivity index (χ2n) is 4.50. The second kappa shape index (κ2) is 4.87. The zero-order chi connectivity index (χ0) is 14.2. The summed E-state index contributed by atoms with van der Waals surface area (Å²) in [4.78, 5) is 27.3. The maximum absolute atomic E-state index is 11.2. The van der Waals surface area contributed by atoms with Crippen molar-refractivity contribution in [2.75, 3.05) is 11.4 Å². The van der Waals surface area contributed by atoms with Crippen molar-refractivity contribution in [2.45, 2.75) is 39.3 Å². The third kappa shape index (κ3) is 2.13. The number of aryl methyl sites for hydroxylation is 1. The van der Waals surface area contributed by atoms with Crippen LogP contribution in [0.1, 0.15) is 25.6 Å². The number of carboxylic acids is 1. The Labute approximate surface area is 109 Å². The maximum Gasteiger partial charge on any atom is 0.406 e. The quantitative estimate of drug-likeness (QED) is 0.649. The Hall–Kier alpha value is -2.12. The van der Waals surface area contributed by atoms with Crippen molar-refractivity contribution in [3.05, 3.63) is 15.9 Å². The van der Waals surface area contributed by atoms with Crippen molar-refractivity contribution < 1.29 is 14.8 Å². The first-order valence-corrected chi connectivity index (χ1v) is 6.18. The highest BCUT2D eigenvalue weighted by molar-refractivity contribution is 5.79. The number of imidazole rings is 1. The normalized spacial score (nSPS) is 18.8. The molecule has 0 bridgehead atoms. The molecule has 0 spiro atoms. The first kappa shape index (κ1) is 13.3. The van der Waals surface area contributed by atoms with Gasteiger partial charge in [-0.05, 0) is 29.7 Å². The smallest absolute Gasteiger partial charge is 0.406 e. The lowest BCUT2D eigenvalue weighted by Crippen LogP contribution is -2.37. The van der Waals surface area contributed by atoms with Gasteiger partial charge in [0.05, 0.1) is 0 Å². The molecule has 2 heterocycles. The van der Waals surface area contributed by atoms with E-state index in [2.05, 4.69) is 4.98 Å². The van der Waals surface area contributed by atoms with Crippen LogP contribution in [0.25, 0.3) is 0 Å². The van der Waals surface area contributed by atoms with Gasteiger partial charge in [-0.2, -0.15) is 0 Å².